The van der Waals surface area contributed by atoms with E-state index < -0.39 is 155 Å². The van der Waals surface area contributed by atoms with Crippen molar-refractivity contribution in [2.24, 2.45) is 41.4 Å². The van der Waals surface area contributed by atoms with Gasteiger partial charge in [-0.3, -0.25) is 52.7 Å². The van der Waals surface area contributed by atoms with Crippen molar-refractivity contribution < 1.29 is 57.8 Å². The molecule has 0 radical (unpaired) electrons. The number of hydrogen-bond donors (Lipinski definition) is 5. The normalized spacial score (nSPS) is 26.7. The summed E-state index contributed by atoms with van der Waals surface area (Å²) in [5.74, 6) is -9.09. The number of carbonyl (C=O) groups excluding carboxylic acids is 11. The monoisotopic (exact) mass is 1320 g/mol. The van der Waals surface area contributed by atoms with E-state index in [1.807, 2.05) is 87.4 Å². The number of nitrogens with zero attached hydrogens (tertiary/aromatic N) is 8. The molecule has 24 nitrogen and oxygen atoms in total. The Kier molecular flexibility index (Phi) is 35.8. The van der Waals surface area contributed by atoms with Crippen molar-refractivity contribution in [3.05, 3.63) is 12.2 Å². The number of allylic oxidation sites excluding steroid dienone is 2. The minimum Gasteiger partial charge on any atom is -0.390 e. The van der Waals surface area contributed by atoms with Crippen LogP contribution in [0.2, 0.25) is 0 Å². The van der Waals surface area contributed by atoms with Crippen molar-refractivity contribution in [3.63, 3.8) is 0 Å². The molecule has 0 aliphatic carbocycles. The number of carbonyl (C=O) groups is 11. The van der Waals surface area contributed by atoms with Crippen LogP contribution >= 0.6 is 11.8 Å². The average Bonchev–Trinajstić information content (AvgIpc) is 0.861. The smallest absolute Gasteiger partial charge is 0.246 e. The molecule has 13 atom stereocenters. The summed E-state index contributed by atoms with van der Waals surface area (Å²) in [5, 5.41) is 23.5. The highest BCUT2D eigenvalue weighted by Gasteiger charge is 2.46. The van der Waals surface area contributed by atoms with E-state index in [1.54, 1.807) is 47.6 Å². The van der Waals surface area contributed by atoms with Gasteiger partial charge in [-0.1, -0.05) is 109 Å². The first-order valence-corrected chi connectivity index (χ1v) is 34.3. The number of likely N-dealkylation sites (N-methyl/N-ethyl adjacent to an activating group) is 7. The predicted molar refractivity (Wildman–Crippen MR) is 363 cm³/mol. The van der Waals surface area contributed by atoms with Crippen LogP contribution in [0.3, 0.4) is 0 Å². The minimum atomic E-state index is -1.63. The Labute approximate surface area is 556 Å². The number of thioether (sulfide) groups is 1. The van der Waals surface area contributed by atoms with E-state index in [0.29, 0.717) is 18.7 Å². The number of nitrogens with one attached hydrogen (secondary N) is 4. The topological polar surface area (TPSA) is 282 Å². The number of aliphatic hydroxyl groups is 1. The molecule has 1 saturated heterocycles. The van der Waals surface area contributed by atoms with Gasteiger partial charge in [-0.2, -0.15) is 11.8 Å². The summed E-state index contributed by atoms with van der Waals surface area (Å²) in [6.45, 7) is 30.7. The van der Waals surface area contributed by atoms with Gasteiger partial charge in [0.2, 0.25) is 65.0 Å². The molecule has 0 aromatic rings. The van der Waals surface area contributed by atoms with Crippen molar-refractivity contribution >= 4 is 76.7 Å². The van der Waals surface area contributed by atoms with Gasteiger partial charge in [0.1, 0.15) is 66.5 Å². The van der Waals surface area contributed by atoms with E-state index in [-0.39, 0.29) is 61.5 Å². The van der Waals surface area contributed by atoms with Crippen LogP contribution in [0.15, 0.2) is 12.2 Å². The van der Waals surface area contributed by atoms with Gasteiger partial charge in [-0.15, -0.1) is 0 Å². The van der Waals surface area contributed by atoms with Crippen LogP contribution in [-0.4, -0.2) is 263 Å². The van der Waals surface area contributed by atoms with E-state index in [2.05, 4.69) is 21.3 Å². The molecule has 1 heterocycles. The third-order valence-electron chi connectivity index (χ3n) is 17.3. The molecule has 1 aliphatic rings. The van der Waals surface area contributed by atoms with E-state index in [9.17, 15) is 29.1 Å². The quantitative estimate of drug-likeness (QED) is 0.0854. The van der Waals surface area contributed by atoms with E-state index in [1.165, 1.54) is 104 Å². The zero-order chi connectivity index (χ0) is 71.3. The maximum atomic E-state index is 15.3. The third kappa shape index (κ3) is 24.2. The summed E-state index contributed by atoms with van der Waals surface area (Å²) >= 11 is 1.41. The number of rotatable bonds is 20. The summed E-state index contributed by atoms with van der Waals surface area (Å²) in [7, 11) is 13.9. The summed E-state index contributed by atoms with van der Waals surface area (Å²) < 4.78 is 0. The van der Waals surface area contributed by atoms with Gasteiger partial charge in [0.25, 0.3) is 0 Å². The Morgan fingerprint density at radius 1 is 0.467 bits per heavy atom. The third-order valence-corrected chi connectivity index (χ3v) is 18.4. The fraction of sp³-hybridized carbons (Fsp3) is 0.806. The first kappa shape index (κ1) is 84.2. The van der Waals surface area contributed by atoms with Gasteiger partial charge in [-0.25, -0.2) is 0 Å². The van der Waals surface area contributed by atoms with Gasteiger partial charge in [-0.05, 0) is 115 Å². The lowest BCUT2D eigenvalue weighted by molar-refractivity contribution is -0.157. The van der Waals surface area contributed by atoms with Crippen molar-refractivity contribution in [3.8, 4) is 0 Å². The Morgan fingerprint density at radius 2 is 0.870 bits per heavy atom. The van der Waals surface area contributed by atoms with Crippen LogP contribution in [0.5, 0.6) is 0 Å². The van der Waals surface area contributed by atoms with Crippen LogP contribution in [0.25, 0.3) is 0 Å². The maximum Gasteiger partial charge on any atom is 0.246 e. The van der Waals surface area contributed by atoms with E-state index in [0.717, 1.165) is 4.90 Å². The Hall–Kier alpha value is -5.82. The van der Waals surface area contributed by atoms with Crippen LogP contribution in [-0.2, 0) is 52.7 Å². The number of aliphatic hydroxyl groups excluding tert-OH is 1. The van der Waals surface area contributed by atoms with Crippen molar-refractivity contribution in [2.45, 2.75) is 229 Å². The van der Waals surface area contributed by atoms with Crippen LogP contribution in [0, 0.1) is 41.4 Å². The highest BCUT2D eigenvalue weighted by atomic mass is 32.2. The molecule has 0 spiro atoms. The number of hydrogen-bond acceptors (Lipinski definition) is 14. The molecule has 1 aliphatic heterocycles. The summed E-state index contributed by atoms with van der Waals surface area (Å²) in [5.41, 5.74) is 0. The lowest BCUT2D eigenvalue weighted by atomic mass is 9.91. The summed E-state index contributed by atoms with van der Waals surface area (Å²) in [4.78, 5) is 174. The molecule has 92 heavy (non-hydrogen) atoms. The maximum absolute atomic E-state index is 15.3. The molecule has 1 fully saturated rings. The van der Waals surface area contributed by atoms with Gasteiger partial charge in [0.15, 0.2) is 0 Å². The first-order chi connectivity index (χ1) is 42.5. The molecular weight excluding hydrogens is 1200 g/mol. The molecule has 11 amide bonds. The highest BCUT2D eigenvalue weighted by Crippen LogP contribution is 2.26. The Morgan fingerprint density at radius 3 is 1.32 bits per heavy atom. The zero-order valence-electron chi connectivity index (χ0n) is 60.9. The fourth-order valence-electron chi connectivity index (χ4n) is 11.4. The van der Waals surface area contributed by atoms with Crippen LogP contribution < -0.4 is 21.3 Å². The molecule has 0 saturated carbocycles. The van der Waals surface area contributed by atoms with Crippen molar-refractivity contribution in [2.75, 3.05) is 81.5 Å². The first-order valence-electron chi connectivity index (χ1n) is 33.1. The predicted octanol–water partition coefficient (Wildman–Crippen LogP) is 3.93. The molecule has 528 valence electrons. The molecule has 25 heteroatoms. The molecule has 5 N–H and O–H groups in total. The second-order valence-corrected chi connectivity index (χ2v) is 29.3. The van der Waals surface area contributed by atoms with Gasteiger partial charge >= 0.3 is 0 Å². The molecule has 1 rings (SSSR count). The Balaban J connectivity index is 4.53. The average molecular weight is 1320 g/mol. The fourth-order valence-corrected chi connectivity index (χ4v) is 12.7. The van der Waals surface area contributed by atoms with Crippen LogP contribution in [0.1, 0.15) is 156 Å². The molecule has 0 aromatic heterocycles. The van der Waals surface area contributed by atoms with Gasteiger partial charge < -0.3 is 65.6 Å². The molecule has 0 bridgehead atoms. The Bertz CT molecular complexity index is 2490. The van der Waals surface area contributed by atoms with Crippen molar-refractivity contribution in [1.29, 1.82) is 0 Å². The minimum absolute atomic E-state index is 0.00947. The van der Waals surface area contributed by atoms with Crippen LogP contribution in [0.4, 0.5) is 0 Å². The second-order valence-electron chi connectivity index (χ2n) is 28.2. The number of amides is 11. The van der Waals surface area contributed by atoms with E-state index in [4.69, 9.17) is 0 Å². The molecular formula is C67H122N12O12S. The lowest BCUT2D eigenvalue weighted by Crippen LogP contribution is -2.64. The standard InChI is InChI=1S/C67H122N12O12S/c1-27-29-30-44(15)56(80)55-60(84)70-47(28-2)62(86)77(24)52(37-92-32-31-72(18)19)65(89)73(20)49(34-39(5)6)59(83)71-53(42(11)12)66(90)74(21)48(33-38(3)4)58(82)68-45(16)57(81)69-46(17)61(85)75(22)50(35-40(7)8)63(87)76(23)51(36-41(9)10)64(88)78(25)54(43(13)14)67(91)79(55)26/h27,29,38-56,80H,28,30-37H2,1-26H3,(H,68,82)(H,69,81)(H,70,84)(H,71,83)/t44-,45+,46-,47+,48+,49+,50+,51+,52+,53+,54+,55+,56-/m1/s1. The second kappa shape index (κ2) is 39.1. The SMILES string of the molecule is CC=CC[C@@H](C)[C@@H](O)[C@H]1C(=O)N[C@@H](CC)C(=O)N(C)[C@@H](CSCCN(C)C)C(=O)N(C)[C@@H](CC(C)C)C(=O)N[C@@H](C(C)C)C(=O)N(C)[C@@H](CC(C)C)C(=O)N[C@@H](C)C(=O)N[C@H](C)C(=O)N(C)[C@@H](CC(C)C)C(=O)N(C)[C@@H](CC(C)C)C(=O)N(C)[C@@H](C(C)C)C(=O)N1C. The van der Waals surface area contributed by atoms with Crippen molar-refractivity contribution in [1.82, 2.24) is 60.5 Å². The largest absolute Gasteiger partial charge is 0.390 e. The molecule has 0 unspecified atom stereocenters. The van der Waals surface area contributed by atoms with E-state index >= 15 is 28.8 Å². The highest BCUT2D eigenvalue weighted by molar-refractivity contribution is 7.99. The summed E-state index contributed by atoms with van der Waals surface area (Å²) in [6.07, 6.45) is 3.00. The summed E-state index contributed by atoms with van der Waals surface area (Å²) in [6, 6.07) is -13.7. The molecule has 0 aromatic carbocycles. The van der Waals surface area contributed by atoms with Gasteiger partial charge in [0.05, 0.1) is 6.10 Å². The zero-order valence-corrected chi connectivity index (χ0v) is 61.7. The van der Waals surface area contributed by atoms with Gasteiger partial charge in [0, 0.05) is 67.4 Å². The lowest BCUT2D eigenvalue weighted by Gasteiger charge is -2.41.